The van der Waals surface area contributed by atoms with Crippen LogP contribution < -0.4 is 5.32 Å². The van der Waals surface area contributed by atoms with E-state index in [1.807, 2.05) is 6.92 Å². The molecular formula is C21H21ClN6O. The first-order valence-corrected chi connectivity index (χ1v) is 9.70. The van der Waals surface area contributed by atoms with Gasteiger partial charge in [0.15, 0.2) is 0 Å². The van der Waals surface area contributed by atoms with E-state index >= 15 is 0 Å². The summed E-state index contributed by atoms with van der Waals surface area (Å²) in [4.78, 5) is 20.7. The normalized spacial score (nSPS) is 12.3. The molecule has 0 aliphatic heterocycles. The maximum absolute atomic E-state index is 12.7. The van der Waals surface area contributed by atoms with Crippen molar-refractivity contribution in [3.8, 4) is 5.69 Å². The Kier molecular flexibility index (Phi) is 5.07. The van der Waals surface area contributed by atoms with Crippen molar-refractivity contribution in [1.29, 1.82) is 0 Å². The molecule has 0 spiro atoms. The molecule has 0 aliphatic rings. The highest BCUT2D eigenvalue weighted by molar-refractivity contribution is 6.34. The zero-order valence-electron chi connectivity index (χ0n) is 16.4. The lowest BCUT2D eigenvalue weighted by atomic mass is 10.1. The van der Waals surface area contributed by atoms with Crippen molar-refractivity contribution in [1.82, 2.24) is 30.0 Å². The molecule has 2 aromatic carbocycles. The van der Waals surface area contributed by atoms with E-state index in [1.165, 1.54) is 11.1 Å². The smallest absolute Gasteiger partial charge is 0.253 e. The SMILES string of the molecule is Cc1cc2nc(C[C@H](C)NC(=O)c3ccc(-n4cnnc4)cc3Cl)[nH]c2cc1C. The van der Waals surface area contributed by atoms with Crippen LogP contribution in [0.15, 0.2) is 43.0 Å². The molecule has 2 N–H and O–H groups in total. The molecule has 0 saturated carbocycles. The molecule has 1 atom stereocenters. The Morgan fingerprint density at radius 2 is 1.90 bits per heavy atom. The number of H-pyrrole nitrogens is 1. The fourth-order valence-corrected chi connectivity index (χ4v) is 3.51. The van der Waals surface area contributed by atoms with Crippen molar-refractivity contribution in [2.24, 2.45) is 0 Å². The highest BCUT2D eigenvalue weighted by atomic mass is 35.5. The average Bonchev–Trinajstić information content (AvgIpc) is 3.31. The number of imidazole rings is 1. The Morgan fingerprint density at radius 1 is 1.17 bits per heavy atom. The molecule has 148 valence electrons. The van der Waals surface area contributed by atoms with E-state index < -0.39 is 0 Å². The summed E-state index contributed by atoms with van der Waals surface area (Å²) in [7, 11) is 0. The van der Waals surface area contributed by atoms with Gasteiger partial charge in [-0.1, -0.05) is 11.6 Å². The second kappa shape index (κ2) is 7.67. The van der Waals surface area contributed by atoms with Crippen molar-refractivity contribution in [2.75, 3.05) is 0 Å². The van der Waals surface area contributed by atoms with E-state index in [1.54, 1.807) is 35.4 Å². The first-order valence-electron chi connectivity index (χ1n) is 9.32. The number of aromatic nitrogens is 5. The number of amides is 1. The third kappa shape index (κ3) is 4.00. The summed E-state index contributed by atoms with van der Waals surface area (Å²) in [6.07, 6.45) is 3.74. The summed E-state index contributed by atoms with van der Waals surface area (Å²) in [6.45, 7) is 6.10. The highest BCUT2D eigenvalue weighted by Gasteiger charge is 2.16. The molecule has 2 heterocycles. The van der Waals surface area contributed by atoms with Crippen LogP contribution in [-0.4, -0.2) is 36.7 Å². The predicted molar refractivity (Wildman–Crippen MR) is 113 cm³/mol. The molecule has 0 radical (unpaired) electrons. The summed E-state index contributed by atoms with van der Waals surface area (Å²) in [5.41, 5.74) is 5.59. The number of halogens is 1. The molecule has 0 aliphatic carbocycles. The maximum Gasteiger partial charge on any atom is 0.253 e. The van der Waals surface area contributed by atoms with Crippen LogP contribution >= 0.6 is 11.6 Å². The molecule has 4 aromatic rings. The van der Waals surface area contributed by atoms with E-state index in [-0.39, 0.29) is 11.9 Å². The van der Waals surface area contributed by atoms with Crippen molar-refractivity contribution in [3.05, 3.63) is 70.5 Å². The van der Waals surface area contributed by atoms with Gasteiger partial charge in [0, 0.05) is 18.2 Å². The molecule has 8 heteroatoms. The van der Waals surface area contributed by atoms with Gasteiger partial charge in [-0.25, -0.2) is 4.98 Å². The van der Waals surface area contributed by atoms with Gasteiger partial charge in [0.1, 0.15) is 18.5 Å². The summed E-state index contributed by atoms with van der Waals surface area (Å²) in [5, 5.41) is 10.9. The van der Waals surface area contributed by atoms with Crippen molar-refractivity contribution in [2.45, 2.75) is 33.2 Å². The molecule has 4 rings (SSSR count). The second-order valence-electron chi connectivity index (χ2n) is 7.25. The van der Waals surface area contributed by atoms with Crippen LogP contribution in [0.3, 0.4) is 0 Å². The second-order valence-corrected chi connectivity index (χ2v) is 7.66. The van der Waals surface area contributed by atoms with Gasteiger partial charge < -0.3 is 10.3 Å². The van der Waals surface area contributed by atoms with Crippen LogP contribution in [-0.2, 0) is 6.42 Å². The van der Waals surface area contributed by atoms with Gasteiger partial charge in [-0.05, 0) is 62.2 Å². The number of hydrogen-bond acceptors (Lipinski definition) is 4. The first-order chi connectivity index (χ1) is 13.9. The predicted octanol–water partition coefficient (Wildman–Crippen LogP) is 3.77. The van der Waals surface area contributed by atoms with E-state index in [0.717, 1.165) is 22.5 Å². The lowest BCUT2D eigenvalue weighted by Crippen LogP contribution is -2.34. The maximum atomic E-state index is 12.7. The Bertz CT molecular complexity index is 1140. The topological polar surface area (TPSA) is 88.5 Å². The molecule has 29 heavy (non-hydrogen) atoms. The van der Waals surface area contributed by atoms with Gasteiger partial charge in [0.25, 0.3) is 5.91 Å². The number of nitrogens with zero attached hydrogens (tertiary/aromatic N) is 4. The van der Waals surface area contributed by atoms with Crippen molar-refractivity contribution in [3.63, 3.8) is 0 Å². The number of aryl methyl sites for hydroxylation is 2. The molecule has 0 unspecified atom stereocenters. The lowest BCUT2D eigenvalue weighted by Gasteiger charge is -2.14. The van der Waals surface area contributed by atoms with Gasteiger partial charge in [-0.3, -0.25) is 9.36 Å². The van der Waals surface area contributed by atoms with Gasteiger partial charge >= 0.3 is 0 Å². The van der Waals surface area contributed by atoms with Crippen LogP contribution in [0, 0.1) is 13.8 Å². The minimum Gasteiger partial charge on any atom is -0.349 e. The van der Waals surface area contributed by atoms with Crippen LogP contribution in [0.4, 0.5) is 0 Å². The van der Waals surface area contributed by atoms with E-state index in [0.29, 0.717) is 17.0 Å². The fraction of sp³-hybridized carbons (Fsp3) is 0.238. The average molecular weight is 409 g/mol. The number of nitrogens with one attached hydrogen (secondary N) is 2. The summed E-state index contributed by atoms with van der Waals surface area (Å²) in [6, 6.07) is 9.28. The fourth-order valence-electron chi connectivity index (χ4n) is 3.24. The van der Waals surface area contributed by atoms with E-state index in [9.17, 15) is 4.79 Å². The van der Waals surface area contributed by atoms with Crippen LogP contribution in [0.2, 0.25) is 5.02 Å². The molecule has 2 aromatic heterocycles. The lowest BCUT2D eigenvalue weighted by molar-refractivity contribution is 0.0940. The van der Waals surface area contributed by atoms with Gasteiger partial charge in [-0.15, -0.1) is 10.2 Å². The first kappa shape index (κ1) is 19.1. The van der Waals surface area contributed by atoms with Crippen molar-refractivity contribution < 1.29 is 4.79 Å². The number of rotatable bonds is 5. The molecular weight excluding hydrogens is 388 g/mol. The number of carbonyl (C=O) groups excluding carboxylic acids is 1. The van der Waals surface area contributed by atoms with Crippen LogP contribution in [0.25, 0.3) is 16.7 Å². The van der Waals surface area contributed by atoms with Crippen molar-refractivity contribution >= 4 is 28.5 Å². The standard InChI is InChI=1S/C21H21ClN6O/c1-12-6-18-19(7-13(12)2)27-20(26-18)8-14(3)25-21(29)16-5-4-15(9-17(16)22)28-10-23-24-11-28/h4-7,9-11,14H,8H2,1-3H3,(H,25,29)(H,26,27)/t14-/m0/s1. The Hall–Kier alpha value is -3.19. The minimum atomic E-state index is -0.222. The summed E-state index contributed by atoms with van der Waals surface area (Å²) < 4.78 is 1.72. The highest BCUT2D eigenvalue weighted by Crippen LogP contribution is 2.21. The Labute approximate surface area is 173 Å². The monoisotopic (exact) mass is 408 g/mol. The van der Waals surface area contributed by atoms with E-state index in [2.05, 4.69) is 51.5 Å². The summed E-state index contributed by atoms with van der Waals surface area (Å²) >= 11 is 6.33. The summed E-state index contributed by atoms with van der Waals surface area (Å²) in [5.74, 6) is 0.618. The quantitative estimate of drug-likeness (QED) is 0.526. The zero-order chi connectivity index (χ0) is 20.5. The van der Waals surface area contributed by atoms with Gasteiger partial charge in [0.05, 0.1) is 21.6 Å². The zero-order valence-corrected chi connectivity index (χ0v) is 17.2. The third-order valence-electron chi connectivity index (χ3n) is 4.94. The largest absolute Gasteiger partial charge is 0.349 e. The molecule has 0 fully saturated rings. The number of benzene rings is 2. The van der Waals surface area contributed by atoms with Gasteiger partial charge in [0.2, 0.25) is 0 Å². The Morgan fingerprint density at radius 3 is 2.62 bits per heavy atom. The molecule has 0 bridgehead atoms. The number of fused-ring (bicyclic) bond motifs is 1. The minimum absolute atomic E-state index is 0.112. The van der Waals surface area contributed by atoms with Crippen LogP contribution in [0.1, 0.15) is 34.2 Å². The van der Waals surface area contributed by atoms with Gasteiger partial charge in [-0.2, -0.15) is 0 Å². The van der Waals surface area contributed by atoms with Crippen LogP contribution in [0.5, 0.6) is 0 Å². The molecule has 7 nitrogen and oxygen atoms in total. The molecule has 0 saturated heterocycles. The Balaban J connectivity index is 1.45. The number of hydrogen-bond donors (Lipinski definition) is 2. The molecule has 1 amide bonds. The third-order valence-corrected chi connectivity index (χ3v) is 5.25. The number of aromatic amines is 1. The number of carbonyl (C=O) groups is 1. The van der Waals surface area contributed by atoms with E-state index in [4.69, 9.17) is 11.6 Å².